The number of rotatable bonds is 1. The Morgan fingerprint density at radius 1 is 1.43 bits per heavy atom. The summed E-state index contributed by atoms with van der Waals surface area (Å²) in [5, 5.41) is 4.10. The summed E-state index contributed by atoms with van der Waals surface area (Å²) in [5.41, 5.74) is 8.48. The van der Waals surface area contributed by atoms with E-state index in [-0.39, 0.29) is 0 Å². The summed E-state index contributed by atoms with van der Waals surface area (Å²) in [7, 11) is 0. The van der Waals surface area contributed by atoms with Gasteiger partial charge in [-0.05, 0) is 37.5 Å². The molecule has 0 aromatic carbocycles. The van der Waals surface area contributed by atoms with Gasteiger partial charge in [0.1, 0.15) is 0 Å². The Hall–Kier alpha value is -1.06. The van der Waals surface area contributed by atoms with Crippen LogP contribution in [0.4, 0.5) is 4.79 Å². The topological polar surface area (TPSA) is 67.5 Å². The van der Waals surface area contributed by atoms with Crippen LogP contribution in [0.15, 0.2) is 5.10 Å². The minimum atomic E-state index is -0.560. The maximum Gasteiger partial charge on any atom is 0.332 e. The fraction of sp³-hybridized carbons (Fsp3) is 0.800. The summed E-state index contributed by atoms with van der Waals surface area (Å²) in [5.74, 6) is 1.51. The molecule has 2 fully saturated rings. The lowest BCUT2D eigenvalue weighted by Gasteiger charge is -2.35. The molecular weight excluding hydrogens is 178 g/mol. The molecule has 2 bridgehead atoms. The zero-order valence-corrected chi connectivity index (χ0v) is 8.33. The van der Waals surface area contributed by atoms with Gasteiger partial charge in [0.2, 0.25) is 0 Å². The number of hydrazone groups is 1. The van der Waals surface area contributed by atoms with Crippen LogP contribution in [0.25, 0.3) is 0 Å². The normalized spacial score (nSPS) is 34.1. The van der Waals surface area contributed by atoms with Gasteiger partial charge in [-0.1, -0.05) is 12.8 Å². The second-order valence-corrected chi connectivity index (χ2v) is 4.35. The van der Waals surface area contributed by atoms with E-state index in [1.807, 2.05) is 0 Å². The Bertz CT molecular complexity index is 262. The van der Waals surface area contributed by atoms with Crippen LogP contribution in [0, 0.1) is 11.8 Å². The van der Waals surface area contributed by atoms with Crippen LogP contribution in [0.1, 0.15) is 38.5 Å². The van der Waals surface area contributed by atoms with Gasteiger partial charge >= 0.3 is 6.03 Å². The number of hydrogen-bond acceptors (Lipinski definition) is 2. The van der Waals surface area contributed by atoms with E-state index in [4.69, 9.17) is 5.73 Å². The van der Waals surface area contributed by atoms with Gasteiger partial charge in [0, 0.05) is 5.71 Å². The van der Waals surface area contributed by atoms with Crippen molar-refractivity contribution in [1.29, 1.82) is 0 Å². The number of amides is 2. The summed E-state index contributed by atoms with van der Waals surface area (Å²) in [6, 6.07) is -0.560. The molecule has 78 valence electrons. The number of carbonyl (C=O) groups excluding carboxylic acids is 1. The molecule has 3 N–H and O–H groups in total. The maximum absolute atomic E-state index is 10.5. The Balaban J connectivity index is 1.98. The van der Waals surface area contributed by atoms with Crippen molar-refractivity contribution in [3.63, 3.8) is 0 Å². The minimum Gasteiger partial charge on any atom is -0.350 e. The number of nitrogens with one attached hydrogen (secondary N) is 1. The Morgan fingerprint density at radius 3 is 3.07 bits per heavy atom. The fourth-order valence-corrected chi connectivity index (χ4v) is 2.69. The lowest BCUT2D eigenvalue weighted by molar-refractivity contribution is 0.248. The van der Waals surface area contributed by atoms with Crippen LogP contribution in [-0.4, -0.2) is 11.7 Å². The summed E-state index contributed by atoms with van der Waals surface area (Å²) >= 11 is 0. The first-order valence-corrected chi connectivity index (χ1v) is 5.37. The zero-order valence-electron chi connectivity index (χ0n) is 8.33. The molecule has 2 saturated carbocycles. The average Bonchev–Trinajstić information content (AvgIpc) is 2.17. The number of urea groups is 1. The molecule has 4 heteroatoms. The van der Waals surface area contributed by atoms with E-state index in [1.54, 1.807) is 0 Å². The second kappa shape index (κ2) is 3.98. The van der Waals surface area contributed by atoms with E-state index < -0.39 is 6.03 Å². The minimum absolute atomic E-state index is 0.560. The van der Waals surface area contributed by atoms with Crippen molar-refractivity contribution in [2.45, 2.75) is 38.5 Å². The molecule has 0 saturated heterocycles. The van der Waals surface area contributed by atoms with Crippen molar-refractivity contribution in [3.05, 3.63) is 0 Å². The number of primary amides is 1. The van der Waals surface area contributed by atoms with E-state index in [1.165, 1.54) is 32.1 Å². The van der Waals surface area contributed by atoms with Gasteiger partial charge in [-0.25, -0.2) is 10.2 Å². The third-order valence-corrected chi connectivity index (χ3v) is 3.37. The monoisotopic (exact) mass is 195 g/mol. The van der Waals surface area contributed by atoms with Crippen LogP contribution in [-0.2, 0) is 0 Å². The molecule has 0 aromatic rings. The molecule has 0 spiro atoms. The maximum atomic E-state index is 10.5. The molecule has 14 heavy (non-hydrogen) atoms. The predicted octanol–water partition coefficient (Wildman–Crippen LogP) is 1.61. The van der Waals surface area contributed by atoms with Gasteiger partial charge in [0.05, 0.1) is 0 Å². The van der Waals surface area contributed by atoms with Crippen molar-refractivity contribution < 1.29 is 4.79 Å². The lowest BCUT2D eigenvalue weighted by atomic mass is 9.71. The van der Waals surface area contributed by atoms with Crippen LogP contribution in [0.5, 0.6) is 0 Å². The van der Waals surface area contributed by atoms with Gasteiger partial charge in [-0.15, -0.1) is 0 Å². The van der Waals surface area contributed by atoms with Crippen LogP contribution in [0.3, 0.4) is 0 Å². The second-order valence-electron chi connectivity index (χ2n) is 4.35. The van der Waals surface area contributed by atoms with Gasteiger partial charge in [0.25, 0.3) is 0 Å². The highest BCUT2D eigenvalue weighted by molar-refractivity contribution is 5.88. The van der Waals surface area contributed by atoms with Gasteiger partial charge in [0.15, 0.2) is 0 Å². The Morgan fingerprint density at radius 2 is 2.29 bits per heavy atom. The standard InChI is InChI=1S/C10H17N3O/c11-10(14)13-12-9-5-4-7-2-1-3-8(9)6-7/h7-8H,1-6H2,(H3,11,13,14)/b12-9-/t7-,8-/m0/s1. The molecule has 2 amide bonds. The first-order chi connectivity index (χ1) is 6.75. The lowest BCUT2D eigenvalue weighted by Crippen LogP contribution is -2.32. The van der Waals surface area contributed by atoms with Crippen molar-refractivity contribution >= 4 is 11.7 Å². The number of nitrogens with two attached hydrogens (primary N) is 1. The predicted molar refractivity (Wildman–Crippen MR) is 54.8 cm³/mol. The molecule has 0 aliphatic heterocycles. The summed E-state index contributed by atoms with van der Waals surface area (Å²) in [6.45, 7) is 0. The molecule has 2 aliphatic rings. The van der Waals surface area contributed by atoms with Crippen molar-refractivity contribution in [2.24, 2.45) is 22.7 Å². The highest BCUT2D eigenvalue weighted by atomic mass is 16.2. The van der Waals surface area contributed by atoms with Crippen LogP contribution < -0.4 is 11.2 Å². The Labute approximate surface area is 83.9 Å². The van der Waals surface area contributed by atoms with Gasteiger partial charge in [-0.2, -0.15) is 5.10 Å². The number of hydrogen-bond donors (Lipinski definition) is 2. The van der Waals surface area contributed by atoms with Gasteiger partial charge in [-0.3, -0.25) is 0 Å². The van der Waals surface area contributed by atoms with Gasteiger partial charge < -0.3 is 5.73 Å². The molecule has 0 unspecified atom stereocenters. The SMILES string of the molecule is NC(=O)N/N=C1/CC[C@@H]2CCC[C@H]1C2. The third kappa shape index (κ3) is 2.05. The van der Waals surface area contributed by atoms with E-state index >= 15 is 0 Å². The summed E-state index contributed by atoms with van der Waals surface area (Å²) in [4.78, 5) is 10.5. The Kier molecular flexibility index (Phi) is 2.70. The zero-order chi connectivity index (χ0) is 9.97. The molecule has 2 atom stereocenters. The van der Waals surface area contributed by atoms with Crippen molar-refractivity contribution in [1.82, 2.24) is 5.43 Å². The quantitative estimate of drug-likeness (QED) is 0.613. The van der Waals surface area contributed by atoms with Crippen molar-refractivity contribution in [3.8, 4) is 0 Å². The highest BCUT2D eigenvalue weighted by Gasteiger charge is 2.30. The summed E-state index contributed by atoms with van der Waals surface area (Å²) < 4.78 is 0. The van der Waals surface area contributed by atoms with Crippen LogP contribution in [0.2, 0.25) is 0 Å². The molecule has 2 aliphatic carbocycles. The highest BCUT2D eigenvalue weighted by Crippen LogP contribution is 2.38. The molecule has 0 heterocycles. The first kappa shape index (κ1) is 9.49. The smallest absolute Gasteiger partial charge is 0.332 e. The molecular formula is C10H17N3O. The fourth-order valence-electron chi connectivity index (χ4n) is 2.69. The van der Waals surface area contributed by atoms with E-state index in [2.05, 4.69) is 10.5 Å². The van der Waals surface area contributed by atoms with E-state index in [0.29, 0.717) is 5.92 Å². The van der Waals surface area contributed by atoms with E-state index in [9.17, 15) is 4.79 Å². The molecule has 0 radical (unpaired) electrons. The number of carbonyl (C=O) groups is 1. The first-order valence-electron chi connectivity index (χ1n) is 5.37. The largest absolute Gasteiger partial charge is 0.350 e. The molecule has 0 aromatic heterocycles. The summed E-state index contributed by atoms with van der Waals surface area (Å²) in [6.07, 6.45) is 7.46. The average molecular weight is 195 g/mol. The van der Waals surface area contributed by atoms with Crippen LogP contribution >= 0.6 is 0 Å². The molecule has 2 rings (SSSR count). The number of nitrogens with zero attached hydrogens (tertiary/aromatic N) is 1. The number of fused-ring (bicyclic) bond motifs is 2. The molecule has 4 nitrogen and oxygen atoms in total. The van der Waals surface area contributed by atoms with Crippen molar-refractivity contribution in [2.75, 3.05) is 0 Å². The third-order valence-electron chi connectivity index (χ3n) is 3.37. The van der Waals surface area contributed by atoms with E-state index in [0.717, 1.165) is 18.1 Å².